The van der Waals surface area contributed by atoms with Crippen LogP contribution in [-0.4, -0.2) is 16.7 Å². The van der Waals surface area contributed by atoms with Gasteiger partial charge in [-0.1, -0.05) is 35.3 Å². The first-order valence-corrected chi connectivity index (χ1v) is 6.68. The molecule has 2 rings (SSSR count). The standard InChI is InChI=1S/C14H11Cl2N3O2/c1-8(20)19(17)11-6-7-12(16)18-13(11)14(21)9-4-2-3-5-10(9)15/h2-7H,17H2,1H3. The summed E-state index contributed by atoms with van der Waals surface area (Å²) >= 11 is 11.8. The van der Waals surface area contributed by atoms with E-state index in [1.54, 1.807) is 24.3 Å². The summed E-state index contributed by atoms with van der Waals surface area (Å²) in [6.45, 7) is 1.28. The number of carbonyl (C=O) groups excluding carboxylic acids is 2. The molecule has 1 amide bonds. The second-order valence-electron chi connectivity index (χ2n) is 4.20. The van der Waals surface area contributed by atoms with E-state index in [-0.39, 0.29) is 27.1 Å². The van der Waals surface area contributed by atoms with Crippen molar-refractivity contribution in [1.29, 1.82) is 0 Å². The molecule has 0 aliphatic carbocycles. The number of halogens is 2. The van der Waals surface area contributed by atoms with Crippen molar-refractivity contribution in [3.8, 4) is 0 Å². The van der Waals surface area contributed by atoms with Gasteiger partial charge in [0, 0.05) is 12.5 Å². The summed E-state index contributed by atoms with van der Waals surface area (Å²) in [5, 5.41) is 1.24. The highest BCUT2D eigenvalue weighted by atomic mass is 35.5. The highest BCUT2D eigenvalue weighted by molar-refractivity contribution is 6.35. The fraction of sp³-hybridized carbons (Fsp3) is 0.0714. The predicted octanol–water partition coefficient (Wildman–Crippen LogP) is 2.85. The summed E-state index contributed by atoms with van der Waals surface area (Å²) in [7, 11) is 0. The number of carbonyl (C=O) groups is 2. The monoisotopic (exact) mass is 323 g/mol. The maximum absolute atomic E-state index is 12.6. The highest BCUT2D eigenvalue weighted by Gasteiger charge is 2.22. The van der Waals surface area contributed by atoms with Gasteiger partial charge in [-0.2, -0.15) is 0 Å². The molecule has 0 bridgehead atoms. The SMILES string of the molecule is CC(=O)N(N)c1ccc(Cl)nc1C(=O)c1ccccc1Cl. The molecule has 0 aliphatic heterocycles. The quantitative estimate of drug-likeness (QED) is 0.310. The maximum Gasteiger partial charge on any atom is 0.238 e. The van der Waals surface area contributed by atoms with Crippen molar-refractivity contribution < 1.29 is 9.59 Å². The van der Waals surface area contributed by atoms with Crippen LogP contribution < -0.4 is 10.9 Å². The van der Waals surface area contributed by atoms with Gasteiger partial charge in [0.15, 0.2) is 0 Å². The van der Waals surface area contributed by atoms with Crippen molar-refractivity contribution in [3.05, 3.63) is 57.8 Å². The van der Waals surface area contributed by atoms with Gasteiger partial charge in [0.05, 0.1) is 10.7 Å². The Labute approximate surface area is 131 Å². The van der Waals surface area contributed by atoms with Crippen LogP contribution in [0.4, 0.5) is 5.69 Å². The molecule has 1 heterocycles. The molecule has 0 unspecified atom stereocenters. The Bertz CT molecular complexity index is 719. The van der Waals surface area contributed by atoms with Crippen LogP contribution in [0.2, 0.25) is 10.2 Å². The molecule has 0 saturated carbocycles. The third-order valence-electron chi connectivity index (χ3n) is 2.77. The number of nitrogens with two attached hydrogens (primary N) is 1. The molecule has 2 aromatic rings. The van der Waals surface area contributed by atoms with E-state index in [9.17, 15) is 9.59 Å². The van der Waals surface area contributed by atoms with Gasteiger partial charge in [0.2, 0.25) is 11.7 Å². The van der Waals surface area contributed by atoms with Crippen LogP contribution in [-0.2, 0) is 4.79 Å². The van der Waals surface area contributed by atoms with Crippen LogP contribution in [0.5, 0.6) is 0 Å². The number of hydrazine groups is 1. The van der Waals surface area contributed by atoms with E-state index in [4.69, 9.17) is 29.0 Å². The van der Waals surface area contributed by atoms with Crippen LogP contribution in [0.25, 0.3) is 0 Å². The first-order valence-electron chi connectivity index (χ1n) is 5.93. The zero-order chi connectivity index (χ0) is 15.6. The summed E-state index contributed by atoms with van der Waals surface area (Å²) in [6, 6.07) is 9.44. The van der Waals surface area contributed by atoms with E-state index in [0.717, 1.165) is 5.01 Å². The lowest BCUT2D eigenvalue weighted by Crippen LogP contribution is -2.37. The van der Waals surface area contributed by atoms with E-state index in [1.165, 1.54) is 19.1 Å². The maximum atomic E-state index is 12.6. The first-order chi connectivity index (χ1) is 9.91. The van der Waals surface area contributed by atoms with Crippen molar-refractivity contribution in [1.82, 2.24) is 4.98 Å². The minimum absolute atomic E-state index is 0.0340. The Balaban J connectivity index is 2.57. The van der Waals surface area contributed by atoms with Crippen LogP contribution in [0, 0.1) is 0 Å². The van der Waals surface area contributed by atoms with Crippen LogP contribution >= 0.6 is 23.2 Å². The molecule has 0 atom stereocenters. The van der Waals surface area contributed by atoms with Gasteiger partial charge in [-0.15, -0.1) is 0 Å². The molecule has 21 heavy (non-hydrogen) atoms. The molecule has 0 radical (unpaired) electrons. The van der Waals surface area contributed by atoms with E-state index < -0.39 is 11.7 Å². The number of hydrogen-bond donors (Lipinski definition) is 1. The summed E-state index contributed by atoms with van der Waals surface area (Å²) in [6.07, 6.45) is 0. The second-order valence-corrected chi connectivity index (χ2v) is 4.99. The molecule has 1 aromatic heterocycles. The van der Waals surface area contributed by atoms with Gasteiger partial charge in [-0.3, -0.25) is 9.59 Å². The molecule has 2 N–H and O–H groups in total. The number of ketones is 1. The zero-order valence-corrected chi connectivity index (χ0v) is 12.5. The van der Waals surface area contributed by atoms with E-state index in [0.29, 0.717) is 0 Å². The number of nitrogens with zero attached hydrogens (tertiary/aromatic N) is 2. The summed E-state index contributed by atoms with van der Waals surface area (Å²) in [5.41, 5.74) is 0.386. The third kappa shape index (κ3) is 3.21. The van der Waals surface area contributed by atoms with Crippen molar-refractivity contribution in [2.24, 2.45) is 5.84 Å². The van der Waals surface area contributed by atoms with Crippen LogP contribution in [0.15, 0.2) is 36.4 Å². The molecule has 0 saturated heterocycles. The number of rotatable bonds is 3. The van der Waals surface area contributed by atoms with E-state index in [1.807, 2.05) is 0 Å². The summed E-state index contributed by atoms with van der Waals surface area (Å²) in [4.78, 5) is 28.0. The molecular formula is C14H11Cl2N3O2. The molecule has 0 aliphatic rings. The topological polar surface area (TPSA) is 76.3 Å². The fourth-order valence-electron chi connectivity index (χ4n) is 1.73. The average Bonchev–Trinajstić information content (AvgIpc) is 2.46. The molecule has 0 fully saturated rings. The molecule has 108 valence electrons. The van der Waals surface area contributed by atoms with Gasteiger partial charge >= 0.3 is 0 Å². The Kier molecular flexibility index (Phi) is 4.57. The largest absolute Gasteiger partial charge is 0.287 e. The lowest BCUT2D eigenvalue weighted by molar-refractivity contribution is -0.116. The zero-order valence-electron chi connectivity index (χ0n) is 11.0. The Morgan fingerprint density at radius 2 is 1.81 bits per heavy atom. The number of anilines is 1. The first kappa shape index (κ1) is 15.4. The highest BCUT2D eigenvalue weighted by Crippen LogP contribution is 2.25. The van der Waals surface area contributed by atoms with Crippen molar-refractivity contribution in [2.45, 2.75) is 6.92 Å². The van der Waals surface area contributed by atoms with Crippen LogP contribution in [0.3, 0.4) is 0 Å². The van der Waals surface area contributed by atoms with Crippen LogP contribution in [0.1, 0.15) is 23.0 Å². The van der Waals surface area contributed by atoms with Crippen molar-refractivity contribution in [2.75, 3.05) is 5.01 Å². The third-order valence-corrected chi connectivity index (χ3v) is 3.31. The molecule has 7 heteroatoms. The number of aromatic nitrogens is 1. The predicted molar refractivity (Wildman–Crippen MR) is 81.5 cm³/mol. The smallest absolute Gasteiger partial charge is 0.238 e. The molecule has 0 spiro atoms. The summed E-state index contributed by atoms with van der Waals surface area (Å²) < 4.78 is 0. The number of benzene rings is 1. The molecular weight excluding hydrogens is 313 g/mol. The number of pyridine rings is 1. The Morgan fingerprint density at radius 3 is 2.43 bits per heavy atom. The van der Waals surface area contributed by atoms with E-state index >= 15 is 0 Å². The van der Waals surface area contributed by atoms with Crippen molar-refractivity contribution in [3.63, 3.8) is 0 Å². The van der Waals surface area contributed by atoms with Gasteiger partial charge < -0.3 is 0 Å². The summed E-state index contributed by atoms with van der Waals surface area (Å²) in [5.74, 6) is 4.76. The lowest BCUT2D eigenvalue weighted by atomic mass is 10.1. The normalized spacial score (nSPS) is 10.3. The van der Waals surface area contributed by atoms with E-state index in [2.05, 4.69) is 4.98 Å². The number of hydrogen-bond acceptors (Lipinski definition) is 4. The average molecular weight is 324 g/mol. The van der Waals surface area contributed by atoms with Gasteiger partial charge in [-0.05, 0) is 24.3 Å². The van der Waals surface area contributed by atoms with Gasteiger partial charge in [-0.25, -0.2) is 15.8 Å². The van der Waals surface area contributed by atoms with Gasteiger partial charge in [0.25, 0.3) is 0 Å². The lowest BCUT2D eigenvalue weighted by Gasteiger charge is -2.17. The van der Waals surface area contributed by atoms with Crippen molar-refractivity contribution >= 4 is 40.6 Å². The van der Waals surface area contributed by atoms with Gasteiger partial charge in [0.1, 0.15) is 10.8 Å². The minimum atomic E-state index is -0.463. The second kappa shape index (κ2) is 6.22. The fourth-order valence-corrected chi connectivity index (χ4v) is 2.10. The minimum Gasteiger partial charge on any atom is -0.287 e. The molecule has 1 aromatic carbocycles. The molecule has 5 nitrogen and oxygen atoms in total. The Hall–Kier alpha value is -1.95. The number of amides is 1. The Morgan fingerprint density at radius 1 is 1.14 bits per heavy atom.